The minimum absolute atomic E-state index is 0.0905. The van der Waals surface area contributed by atoms with E-state index in [2.05, 4.69) is 20.8 Å². The topological polar surface area (TPSA) is 161 Å². The Kier molecular flexibility index (Phi) is 9.03. The van der Waals surface area contributed by atoms with E-state index in [1.807, 2.05) is 13.8 Å². The van der Waals surface area contributed by atoms with Gasteiger partial charge in [0.05, 0.1) is 28.8 Å². The van der Waals surface area contributed by atoms with E-state index in [0.717, 1.165) is 17.4 Å². The summed E-state index contributed by atoms with van der Waals surface area (Å²) in [6.07, 6.45) is -1.14. The summed E-state index contributed by atoms with van der Waals surface area (Å²) in [4.78, 5) is 17.7. The summed E-state index contributed by atoms with van der Waals surface area (Å²) in [5, 5.41) is 18.7. The highest BCUT2D eigenvalue weighted by Gasteiger charge is 2.25. The summed E-state index contributed by atoms with van der Waals surface area (Å²) in [5.74, 6) is -0.486. The highest BCUT2D eigenvalue weighted by atomic mass is 35.5. The van der Waals surface area contributed by atoms with Crippen LogP contribution in [0.1, 0.15) is 26.3 Å². The molecule has 14 heteroatoms. The highest BCUT2D eigenvalue weighted by molar-refractivity contribution is 7.46. The molecule has 0 amide bonds. The van der Waals surface area contributed by atoms with E-state index < -0.39 is 25.8 Å². The summed E-state index contributed by atoms with van der Waals surface area (Å²) in [7, 11) is -4.73. The van der Waals surface area contributed by atoms with Crippen LogP contribution in [0.3, 0.4) is 0 Å². The van der Waals surface area contributed by atoms with Crippen molar-refractivity contribution in [3.63, 3.8) is 0 Å². The second-order valence-corrected chi connectivity index (χ2v) is 10.5. The monoisotopic (exact) mass is 556 g/mol. The molecule has 1 aromatic heterocycles. The number of hydrogen-bond acceptors (Lipinski definition) is 9. The molecule has 192 valence electrons. The maximum atomic E-state index is 14.7. The SMILES string of the molecule is CC(C)Oc1ccc(-c2nnc(-c3cc(F)c(OC[C@H](N)[C@@H](C)OP(=O)(O)O)cc3Cl)s2)cc1C#N. The van der Waals surface area contributed by atoms with Crippen LogP contribution in [0.5, 0.6) is 11.5 Å². The van der Waals surface area contributed by atoms with Crippen LogP contribution in [0, 0.1) is 17.1 Å². The molecule has 0 saturated carbocycles. The van der Waals surface area contributed by atoms with Crippen LogP contribution >= 0.6 is 30.8 Å². The molecule has 0 unspecified atom stereocenters. The molecule has 1 heterocycles. The summed E-state index contributed by atoms with van der Waals surface area (Å²) in [6.45, 7) is 4.80. The fraction of sp³-hybridized carbons (Fsp3) is 0.318. The quantitative estimate of drug-likeness (QED) is 0.303. The molecule has 0 spiro atoms. The van der Waals surface area contributed by atoms with Gasteiger partial charge in [0.2, 0.25) is 0 Å². The van der Waals surface area contributed by atoms with E-state index in [1.54, 1.807) is 18.2 Å². The second-order valence-electron chi connectivity index (χ2n) is 7.94. The number of aromatic nitrogens is 2. The van der Waals surface area contributed by atoms with Crippen molar-refractivity contribution in [2.45, 2.75) is 39.0 Å². The molecule has 0 fully saturated rings. The average Bonchev–Trinajstić information content (AvgIpc) is 3.27. The third kappa shape index (κ3) is 7.21. The Balaban J connectivity index is 1.78. The van der Waals surface area contributed by atoms with Crippen molar-refractivity contribution < 1.29 is 32.7 Å². The predicted octanol–water partition coefficient (Wildman–Crippen LogP) is 4.53. The molecule has 2 atom stereocenters. The van der Waals surface area contributed by atoms with E-state index >= 15 is 0 Å². The molecule has 10 nitrogen and oxygen atoms in total. The van der Waals surface area contributed by atoms with Gasteiger partial charge in [-0.2, -0.15) is 5.26 Å². The average molecular weight is 557 g/mol. The minimum Gasteiger partial charge on any atom is -0.490 e. The van der Waals surface area contributed by atoms with E-state index in [0.29, 0.717) is 26.9 Å². The standard InChI is InChI=1S/C22H23ClFN4O6PS/c1-11(2)33-19-5-4-13(6-14(19)9-25)21-27-28-22(36-21)15-7-17(24)20(8-16(15)23)32-10-18(26)12(3)34-35(29,30)31/h4-8,11-12,18H,10,26H2,1-3H3,(H2,29,30,31)/t12-,18+/m1/s1. The van der Waals surface area contributed by atoms with E-state index in [1.165, 1.54) is 13.0 Å². The lowest BCUT2D eigenvalue weighted by Crippen LogP contribution is -2.39. The zero-order valence-electron chi connectivity index (χ0n) is 19.4. The molecule has 3 rings (SSSR count). The van der Waals surface area contributed by atoms with Gasteiger partial charge in [-0.05, 0) is 45.0 Å². The van der Waals surface area contributed by atoms with Crippen LogP contribution in [-0.2, 0) is 9.09 Å². The Bertz CT molecular complexity index is 1330. The van der Waals surface area contributed by atoms with E-state index in [4.69, 9.17) is 36.6 Å². The molecule has 0 saturated heterocycles. The number of phosphoric ester groups is 1. The van der Waals surface area contributed by atoms with Crippen LogP contribution in [0.25, 0.3) is 21.1 Å². The molecule has 4 N–H and O–H groups in total. The largest absolute Gasteiger partial charge is 0.490 e. The molecular weight excluding hydrogens is 534 g/mol. The summed E-state index contributed by atoms with van der Waals surface area (Å²) < 4.78 is 41.2. The lowest BCUT2D eigenvalue weighted by molar-refractivity contribution is 0.106. The van der Waals surface area contributed by atoms with Gasteiger partial charge >= 0.3 is 7.82 Å². The molecule has 0 radical (unpaired) electrons. The molecule has 36 heavy (non-hydrogen) atoms. The number of nitriles is 1. The Morgan fingerprint density at radius 1 is 1.19 bits per heavy atom. The second kappa shape index (κ2) is 11.6. The van der Waals surface area contributed by atoms with Crippen LogP contribution in [0.2, 0.25) is 5.02 Å². The number of ether oxygens (including phenoxy) is 2. The first kappa shape index (κ1) is 28.0. The van der Waals surface area contributed by atoms with Gasteiger partial charge in [-0.3, -0.25) is 4.52 Å². The molecule has 2 aromatic carbocycles. The van der Waals surface area contributed by atoms with Crippen molar-refractivity contribution >= 4 is 30.8 Å². The van der Waals surface area contributed by atoms with Crippen LogP contribution < -0.4 is 15.2 Å². The summed E-state index contributed by atoms with van der Waals surface area (Å²) >= 11 is 7.51. The molecule has 0 aliphatic heterocycles. The van der Waals surface area contributed by atoms with E-state index in [9.17, 15) is 14.2 Å². The lowest BCUT2D eigenvalue weighted by atomic mass is 10.1. The van der Waals surface area contributed by atoms with Crippen molar-refractivity contribution in [2.24, 2.45) is 5.73 Å². The smallest absolute Gasteiger partial charge is 0.469 e. The molecule has 0 bridgehead atoms. The first-order valence-electron chi connectivity index (χ1n) is 10.5. The number of hydrogen-bond donors (Lipinski definition) is 3. The van der Waals surface area contributed by atoms with Crippen molar-refractivity contribution in [1.29, 1.82) is 5.26 Å². The predicted molar refractivity (Wildman–Crippen MR) is 132 cm³/mol. The summed E-state index contributed by atoms with van der Waals surface area (Å²) in [6, 6.07) is 8.62. The summed E-state index contributed by atoms with van der Waals surface area (Å²) in [5.41, 5.74) is 7.08. The van der Waals surface area contributed by atoms with Gasteiger partial charge in [-0.15, -0.1) is 10.2 Å². The number of nitrogens with zero attached hydrogens (tertiary/aromatic N) is 3. The molecule has 0 aliphatic carbocycles. The van der Waals surface area contributed by atoms with Gasteiger partial charge in [0, 0.05) is 17.2 Å². The zero-order chi connectivity index (χ0) is 26.6. The number of rotatable bonds is 10. The van der Waals surface area contributed by atoms with Gasteiger partial charge in [-0.25, -0.2) is 8.96 Å². The first-order chi connectivity index (χ1) is 16.9. The fourth-order valence-electron chi connectivity index (χ4n) is 2.98. The van der Waals surface area contributed by atoms with Crippen molar-refractivity contribution in [2.75, 3.05) is 6.61 Å². The van der Waals surface area contributed by atoms with Crippen molar-refractivity contribution in [1.82, 2.24) is 10.2 Å². The maximum absolute atomic E-state index is 14.7. The molecule has 0 aliphatic rings. The Labute approximate surface area is 215 Å². The maximum Gasteiger partial charge on any atom is 0.469 e. The molecular formula is C22H23ClFN4O6PS. The third-order valence-electron chi connectivity index (χ3n) is 4.72. The first-order valence-corrected chi connectivity index (χ1v) is 13.3. The van der Waals surface area contributed by atoms with Crippen molar-refractivity contribution in [3.8, 4) is 38.7 Å². The zero-order valence-corrected chi connectivity index (χ0v) is 21.9. The van der Waals surface area contributed by atoms with E-state index in [-0.39, 0.29) is 29.0 Å². The lowest BCUT2D eigenvalue weighted by Gasteiger charge is -2.21. The number of halogens is 2. The highest BCUT2D eigenvalue weighted by Crippen LogP contribution is 2.39. The third-order valence-corrected chi connectivity index (χ3v) is 6.65. The Morgan fingerprint density at radius 2 is 1.89 bits per heavy atom. The Hall–Kier alpha value is -2.62. The van der Waals surface area contributed by atoms with Gasteiger partial charge in [0.15, 0.2) is 11.6 Å². The number of benzene rings is 2. The Morgan fingerprint density at radius 3 is 2.53 bits per heavy atom. The number of phosphoric acid groups is 1. The fourth-order valence-corrected chi connectivity index (χ4v) is 4.73. The normalized spacial score (nSPS) is 13.3. The number of nitrogens with two attached hydrogens (primary N) is 1. The van der Waals surface area contributed by atoms with Gasteiger partial charge in [0.25, 0.3) is 0 Å². The van der Waals surface area contributed by atoms with Crippen LogP contribution in [-0.4, -0.2) is 44.8 Å². The molecule has 3 aromatic rings. The van der Waals surface area contributed by atoms with Gasteiger partial charge in [0.1, 0.15) is 28.4 Å². The van der Waals surface area contributed by atoms with Gasteiger partial charge < -0.3 is 25.0 Å². The van der Waals surface area contributed by atoms with Crippen molar-refractivity contribution in [3.05, 3.63) is 46.7 Å². The van der Waals surface area contributed by atoms with Gasteiger partial charge in [-0.1, -0.05) is 22.9 Å². The van der Waals surface area contributed by atoms with Crippen LogP contribution in [0.4, 0.5) is 4.39 Å². The minimum atomic E-state index is -4.73. The van der Waals surface area contributed by atoms with Crippen LogP contribution in [0.15, 0.2) is 30.3 Å².